The maximum atomic E-state index is 4.29. The van der Waals surface area contributed by atoms with Crippen LogP contribution in [0.5, 0.6) is 0 Å². The fraction of sp³-hybridized carbons (Fsp3) is 0.182. The lowest BCUT2D eigenvalue weighted by Crippen LogP contribution is -1.88. The number of hydrogen-bond acceptors (Lipinski definition) is 1. The zero-order valence-corrected chi connectivity index (χ0v) is 7.33. The smallest absolute Gasteiger partial charge is 0.0710 e. The van der Waals surface area contributed by atoms with Gasteiger partial charge in [-0.2, -0.15) is 0 Å². The van der Waals surface area contributed by atoms with Gasteiger partial charge in [0.2, 0.25) is 0 Å². The summed E-state index contributed by atoms with van der Waals surface area (Å²) in [5, 5.41) is 0. The van der Waals surface area contributed by atoms with Gasteiger partial charge in [-0.05, 0) is 37.1 Å². The van der Waals surface area contributed by atoms with Gasteiger partial charge in [0.15, 0.2) is 0 Å². The predicted molar refractivity (Wildman–Crippen MR) is 51.7 cm³/mol. The summed E-state index contributed by atoms with van der Waals surface area (Å²) >= 11 is 0. The van der Waals surface area contributed by atoms with E-state index in [2.05, 4.69) is 43.1 Å². The van der Waals surface area contributed by atoms with E-state index in [1.54, 1.807) is 0 Å². The Morgan fingerprint density at radius 3 is 2.92 bits per heavy atom. The second-order valence-corrected chi connectivity index (χ2v) is 2.97. The first-order valence-electron chi connectivity index (χ1n) is 4.13. The van der Waals surface area contributed by atoms with Crippen molar-refractivity contribution in [3.8, 4) is 0 Å². The summed E-state index contributed by atoms with van der Waals surface area (Å²) in [5.74, 6) is 0. The van der Waals surface area contributed by atoms with Gasteiger partial charge in [-0.25, -0.2) is 0 Å². The van der Waals surface area contributed by atoms with Crippen molar-refractivity contribution in [2.45, 2.75) is 13.8 Å². The number of pyridine rings is 1. The molecule has 0 fully saturated rings. The number of allylic oxidation sites excluding steroid dienone is 3. The molecule has 1 nitrogen and oxygen atoms in total. The molecule has 0 aromatic carbocycles. The molecule has 0 aliphatic heterocycles. The second-order valence-electron chi connectivity index (χ2n) is 2.97. The van der Waals surface area contributed by atoms with Crippen LogP contribution in [0.25, 0.3) is 11.6 Å². The molecule has 0 bridgehead atoms. The molecule has 12 heavy (non-hydrogen) atoms. The van der Waals surface area contributed by atoms with Crippen LogP contribution in [0.15, 0.2) is 24.4 Å². The Labute approximate surface area is 72.5 Å². The molecule has 0 unspecified atom stereocenters. The number of hydrogen-bond donors (Lipinski definition) is 0. The van der Waals surface area contributed by atoms with E-state index in [0.717, 1.165) is 5.69 Å². The predicted octanol–water partition coefficient (Wildman–Crippen LogP) is 2.82. The van der Waals surface area contributed by atoms with Crippen molar-refractivity contribution in [2.75, 3.05) is 0 Å². The molecular formula is C11H11N. The maximum absolute atomic E-state index is 4.29. The molecule has 0 N–H and O–H groups in total. The highest BCUT2D eigenvalue weighted by Crippen LogP contribution is 2.29. The third-order valence-electron chi connectivity index (χ3n) is 2.21. The van der Waals surface area contributed by atoms with Crippen LogP contribution < -0.4 is 0 Å². The monoisotopic (exact) mass is 157 g/mol. The molecule has 0 spiro atoms. The van der Waals surface area contributed by atoms with Gasteiger partial charge < -0.3 is 0 Å². The topological polar surface area (TPSA) is 12.9 Å². The van der Waals surface area contributed by atoms with Crippen molar-refractivity contribution in [1.29, 1.82) is 0 Å². The van der Waals surface area contributed by atoms with Crippen LogP contribution in [0.2, 0.25) is 0 Å². The fourth-order valence-electron chi connectivity index (χ4n) is 1.57. The normalized spacial score (nSPS) is 17.0. The van der Waals surface area contributed by atoms with Crippen molar-refractivity contribution in [3.63, 3.8) is 0 Å². The second kappa shape index (κ2) is 2.59. The van der Waals surface area contributed by atoms with Crippen molar-refractivity contribution < 1.29 is 0 Å². The third-order valence-corrected chi connectivity index (χ3v) is 2.21. The van der Waals surface area contributed by atoms with Gasteiger partial charge in [0.1, 0.15) is 0 Å². The zero-order valence-electron chi connectivity index (χ0n) is 7.33. The van der Waals surface area contributed by atoms with Crippen molar-refractivity contribution in [3.05, 3.63) is 41.2 Å². The first-order valence-corrected chi connectivity index (χ1v) is 4.13. The Bertz CT molecular complexity index is 373. The fourth-order valence-corrected chi connectivity index (χ4v) is 1.57. The van der Waals surface area contributed by atoms with E-state index in [-0.39, 0.29) is 0 Å². The van der Waals surface area contributed by atoms with Crippen LogP contribution in [0, 0.1) is 6.92 Å². The van der Waals surface area contributed by atoms with Crippen molar-refractivity contribution in [2.24, 2.45) is 0 Å². The minimum Gasteiger partial charge on any atom is -0.256 e. The van der Waals surface area contributed by atoms with Gasteiger partial charge in [-0.1, -0.05) is 12.2 Å². The Morgan fingerprint density at radius 2 is 2.17 bits per heavy atom. The number of fused-ring (bicyclic) bond motifs is 1. The first-order chi connectivity index (χ1) is 5.83. The molecule has 1 aliphatic carbocycles. The van der Waals surface area contributed by atoms with Crippen LogP contribution in [0.3, 0.4) is 0 Å². The molecule has 1 heterocycles. The minimum absolute atomic E-state index is 1.10. The van der Waals surface area contributed by atoms with Gasteiger partial charge >= 0.3 is 0 Å². The van der Waals surface area contributed by atoms with E-state index < -0.39 is 0 Å². The summed E-state index contributed by atoms with van der Waals surface area (Å²) in [5.41, 5.74) is 4.98. The SMILES string of the molecule is C/C=C1/C=Cc2nccc(C)c21. The van der Waals surface area contributed by atoms with Gasteiger partial charge in [-0.15, -0.1) is 0 Å². The highest BCUT2D eigenvalue weighted by atomic mass is 14.7. The maximum Gasteiger partial charge on any atom is 0.0710 e. The number of aromatic nitrogens is 1. The molecule has 1 aromatic rings. The van der Waals surface area contributed by atoms with Crippen molar-refractivity contribution in [1.82, 2.24) is 4.98 Å². The minimum atomic E-state index is 1.10. The first kappa shape index (κ1) is 7.29. The molecular weight excluding hydrogens is 146 g/mol. The molecule has 1 aromatic heterocycles. The Balaban J connectivity index is 2.70. The van der Waals surface area contributed by atoms with Crippen LogP contribution in [-0.2, 0) is 0 Å². The Hall–Kier alpha value is -1.37. The van der Waals surface area contributed by atoms with Gasteiger partial charge in [0.05, 0.1) is 5.69 Å². The number of rotatable bonds is 0. The van der Waals surface area contributed by atoms with E-state index >= 15 is 0 Å². The van der Waals surface area contributed by atoms with Gasteiger partial charge in [0, 0.05) is 11.8 Å². The van der Waals surface area contributed by atoms with E-state index in [1.165, 1.54) is 16.7 Å². The van der Waals surface area contributed by atoms with Crippen molar-refractivity contribution >= 4 is 11.6 Å². The van der Waals surface area contributed by atoms with E-state index in [1.807, 2.05) is 6.20 Å². The lowest BCUT2D eigenvalue weighted by Gasteiger charge is -2.03. The highest BCUT2D eigenvalue weighted by molar-refractivity contribution is 5.89. The van der Waals surface area contributed by atoms with Gasteiger partial charge in [0.25, 0.3) is 0 Å². The summed E-state index contributed by atoms with van der Waals surface area (Å²) in [6, 6.07) is 2.05. The van der Waals surface area contributed by atoms with E-state index in [9.17, 15) is 0 Å². The molecule has 2 rings (SSSR count). The largest absolute Gasteiger partial charge is 0.256 e. The Morgan fingerprint density at radius 1 is 1.33 bits per heavy atom. The Kier molecular flexibility index (Phi) is 1.58. The molecule has 0 radical (unpaired) electrons. The number of aryl methyl sites for hydroxylation is 1. The zero-order chi connectivity index (χ0) is 8.55. The average molecular weight is 157 g/mol. The summed E-state index contributed by atoms with van der Waals surface area (Å²) in [6.07, 6.45) is 8.16. The summed E-state index contributed by atoms with van der Waals surface area (Å²) in [7, 11) is 0. The highest BCUT2D eigenvalue weighted by Gasteiger charge is 2.12. The lowest BCUT2D eigenvalue weighted by atomic mass is 10.0. The molecule has 0 atom stereocenters. The summed E-state index contributed by atoms with van der Waals surface area (Å²) in [6.45, 7) is 4.18. The van der Waals surface area contributed by atoms with Crippen LogP contribution in [0.4, 0.5) is 0 Å². The van der Waals surface area contributed by atoms with E-state index in [0.29, 0.717) is 0 Å². The average Bonchev–Trinajstić information content (AvgIpc) is 2.49. The molecule has 0 amide bonds. The van der Waals surface area contributed by atoms with E-state index in [4.69, 9.17) is 0 Å². The summed E-state index contributed by atoms with van der Waals surface area (Å²) < 4.78 is 0. The van der Waals surface area contributed by atoms with Crippen LogP contribution in [0.1, 0.15) is 23.7 Å². The third kappa shape index (κ3) is 0.900. The van der Waals surface area contributed by atoms with Crippen LogP contribution in [-0.4, -0.2) is 4.98 Å². The number of nitrogens with zero attached hydrogens (tertiary/aromatic N) is 1. The molecule has 0 saturated carbocycles. The molecule has 1 heteroatoms. The molecule has 0 saturated heterocycles. The molecule has 1 aliphatic rings. The quantitative estimate of drug-likeness (QED) is 0.564. The molecule has 60 valence electrons. The summed E-state index contributed by atoms with van der Waals surface area (Å²) in [4.78, 5) is 4.29. The van der Waals surface area contributed by atoms with Crippen LogP contribution >= 0.6 is 0 Å². The standard InChI is InChI=1S/C11H11N/c1-3-9-4-5-10-11(9)8(2)6-7-12-10/h3-7H,1-2H3/b9-3-. The lowest BCUT2D eigenvalue weighted by molar-refractivity contribution is 1.25. The van der Waals surface area contributed by atoms with Gasteiger partial charge in [-0.3, -0.25) is 4.98 Å².